The molecular formula is C13H14O3. The predicted octanol–water partition coefficient (Wildman–Crippen LogP) is 2.39. The van der Waals surface area contributed by atoms with Crippen LogP contribution in [0.2, 0.25) is 0 Å². The van der Waals surface area contributed by atoms with Gasteiger partial charge >= 0.3 is 0 Å². The molecule has 0 bridgehead atoms. The van der Waals surface area contributed by atoms with Gasteiger partial charge in [0.05, 0.1) is 12.5 Å². The Morgan fingerprint density at radius 1 is 1.06 bits per heavy atom. The van der Waals surface area contributed by atoms with E-state index >= 15 is 0 Å². The van der Waals surface area contributed by atoms with E-state index in [2.05, 4.69) is 0 Å². The fourth-order valence-electron chi connectivity index (χ4n) is 1.42. The van der Waals surface area contributed by atoms with Gasteiger partial charge in [0.25, 0.3) is 0 Å². The van der Waals surface area contributed by atoms with Crippen LogP contribution in [0.5, 0.6) is 5.75 Å². The number of aliphatic hydroxyl groups is 1. The summed E-state index contributed by atoms with van der Waals surface area (Å²) in [6.45, 7) is 0.686. The molecule has 16 heavy (non-hydrogen) atoms. The van der Waals surface area contributed by atoms with Crippen LogP contribution in [0.15, 0.2) is 47.3 Å². The summed E-state index contributed by atoms with van der Waals surface area (Å²) in [4.78, 5) is 0. The van der Waals surface area contributed by atoms with E-state index in [1.165, 1.54) is 0 Å². The molecule has 0 aliphatic rings. The average molecular weight is 218 g/mol. The molecule has 0 atom stereocenters. The summed E-state index contributed by atoms with van der Waals surface area (Å²) < 4.78 is 10.5. The lowest BCUT2D eigenvalue weighted by Crippen LogP contribution is -1.94. The molecule has 2 rings (SSSR count). The number of benzene rings is 1. The molecule has 0 radical (unpaired) electrons. The second kappa shape index (κ2) is 5.37. The Balaban J connectivity index is 1.90. The van der Waals surface area contributed by atoms with Crippen LogP contribution < -0.4 is 4.74 Å². The van der Waals surface area contributed by atoms with E-state index in [0.717, 1.165) is 16.9 Å². The van der Waals surface area contributed by atoms with Gasteiger partial charge in [-0.25, -0.2) is 0 Å². The molecule has 0 aliphatic heterocycles. The second-order valence-corrected chi connectivity index (χ2v) is 3.54. The molecule has 84 valence electrons. The Hall–Kier alpha value is -1.74. The maximum atomic E-state index is 8.78. The number of rotatable bonds is 5. The summed E-state index contributed by atoms with van der Waals surface area (Å²) in [6.07, 6.45) is 3.98. The van der Waals surface area contributed by atoms with Crippen molar-refractivity contribution in [3.8, 4) is 5.75 Å². The zero-order valence-corrected chi connectivity index (χ0v) is 8.93. The molecule has 0 unspecified atom stereocenters. The van der Waals surface area contributed by atoms with Gasteiger partial charge in [-0.3, -0.25) is 0 Å². The molecule has 0 aliphatic carbocycles. The van der Waals surface area contributed by atoms with Crippen molar-refractivity contribution in [2.24, 2.45) is 0 Å². The van der Waals surface area contributed by atoms with E-state index in [9.17, 15) is 0 Å². The summed E-state index contributed by atoms with van der Waals surface area (Å²) in [5.41, 5.74) is 2.12. The predicted molar refractivity (Wildman–Crippen MR) is 60.3 cm³/mol. The normalized spacial score (nSPS) is 10.3. The van der Waals surface area contributed by atoms with Crippen LogP contribution in [0.1, 0.15) is 11.1 Å². The molecule has 2 aromatic rings. The standard InChI is InChI=1S/C13H14O3/c14-7-5-11-1-3-13(4-2-11)16-10-12-6-8-15-9-12/h1-4,6,8-9,14H,5,7,10H2. The van der Waals surface area contributed by atoms with Gasteiger partial charge in [-0.1, -0.05) is 12.1 Å². The molecule has 1 N–H and O–H groups in total. The summed E-state index contributed by atoms with van der Waals surface area (Å²) in [5.74, 6) is 0.822. The number of hydrogen-bond acceptors (Lipinski definition) is 3. The number of hydrogen-bond donors (Lipinski definition) is 1. The smallest absolute Gasteiger partial charge is 0.119 e. The van der Waals surface area contributed by atoms with Gasteiger partial charge in [-0.2, -0.15) is 0 Å². The lowest BCUT2D eigenvalue weighted by molar-refractivity contribution is 0.298. The lowest BCUT2D eigenvalue weighted by atomic mass is 10.1. The third-order valence-corrected chi connectivity index (χ3v) is 2.31. The third kappa shape index (κ3) is 2.87. The molecule has 3 heteroatoms. The van der Waals surface area contributed by atoms with Crippen molar-refractivity contribution in [2.75, 3.05) is 6.61 Å². The average Bonchev–Trinajstić information content (AvgIpc) is 2.82. The minimum absolute atomic E-state index is 0.176. The Kier molecular flexibility index (Phi) is 3.62. The molecule has 0 spiro atoms. The Morgan fingerprint density at radius 2 is 1.88 bits per heavy atom. The zero-order chi connectivity index (χ0) is 11.2. The van der Waals surface area contributed by atoms with Crippen LogP contribution in [-0.4, -0.2) is 11.7 Å². The van der Waals surface area contributed by atoms with Crippen LogP contribution in [0.25, 0.3) is 0 Å². The minimum Gasteiger partial charge on any atom is -0.489 e. The van der Waals surface area contributed by atoms with Crippen LogP contribution in [0.3, 0.4) is 0 Å². The van der Waals surface area contributed by atoms with Gasteiger partial charge in [0.15, 0.2) is 0 Å². The zero-order valence-electron chi connectivity index (χ0n) is 8.93. The summed E-state index contributed by atoms with van der Waals surface area (Å²) in [7, 11) is 0. The van der Waals surface area contributed by atoms with Crippen molar-refractivity contribution in [1.82, 2.24) is 0 Å². The first-order valence-electron chi connectivity index (χ1n) is 5.22. The van der Waals surface area contributed by atoms with E-state index in [4.69, 9.17) is 14.3 Å². The summed E-state index contributed by atoms with van der Waals surface area (Å²) in [5, 5.41) is 8.78. The number of aliphatic hydroxyl groups excluding tert-OH is 1. The van der Waals surface area contributed by atoms with Crippen molar-refractivity contribution in [3.05, 3.63) is 54.0 Å². The van der Waals surface area contributed by atoms with Gasteiger partial charge in [0.2, 0.25) is 0 Å². The fraction of sp³-hybridized carbons (Fsp3) is 0.231. The second-order valence-electron chi connectivity index (χ2n) is 3.54. The van der Waals surface area contributed by atoms with Crippen LogP contribution in [0.4, 0.5) is 0 Å². The molecule has 1 aromatic heterocycles. The molecule has 0 saturated carbocycles. The first kappa shape index (κ1) is 10.8. The largest absolute Gasteiger partial charge is 0.489 e. The first-order chi connectivity index (χ1) is 7.88. The van der Waals surface area contributed by atoms with Crippen molar-refractivity contribution >= 4 is 0 Å². The number of ether oxygens (including phenoxy) is 1. The van der Waals surface area contributed by atoms with Gasteiger partial charge < -0.3 is 14.3 Å². The van der Waals surface area contributed by atoms with Gasteiger partial charge in [-0.05, 0) is 30.2 Å². The van der Waals surface area contributed by atoms with Gasteiger partial charge in [-0.15, -0.1) is 0 Å². The van der Waals surface area contributed by atoms with Gasteiger partial charge in [0.1, 0.15) is 12.4 Å². The van der Waals surface area contributed by atoms with Crippen LogP contribution in [-0.2, 0) is 13.0 Å². The highest BCUT2D eigenvalue weighted by Gasteiger charge is 1.97. The number of furan rings is 1. The van der Waals surface area contributed by atoms with Crippen molar-refractivity contribution in [2.45, 2.75) is 13.0 Å². The SMILES string of the molecule is OCCc1ccc(OCc2ccoc2)cc1. The maximum absolute atomic E-state index is 8.78. The van der Waals surface area contributed by atoms with Gasteiger partial charge in [0, 0.05) is 12.2 Å². The molecule has 0 saturated heterocycles. The Labute approximate surface area is 94.3 Å². The first-order valence-corrected chi connectivity index (χ1v) is 5.22. The minimum atomic E-state index is 0.176. The Morgan fingerprint density at radius 3 is 2.50 bits per heavy atom. The monoisotopic (exact) mass is 218 g/mol. The summed E-state index contributed by atoms with van der Waals surface area (Å²) in [6, 6.07) is 9.61. The molecule has 1 aromatic carbocycles. The highest BCUT2D eigenvalue weighted by molar-refractivity contribution is 5.27. The van der Waals surface area contributed by atoms with Crippen LogP contribution >= 0.6 is 0 Å². The molecular weight excluding hydrogens is 204 g/mol. The topological polar surface area (TPSA) is 42.6 Å². The molecule has 0 amide bonds. The molecule has 1 heterocycles. The highest BCUT2D eigenvalue weighted by Crippen LogP contribution is 2.14. The van der Waals surface area contributed by atoms with E-state index < -0.39 is 0 Å². The highest BCUT2D eigenvalue weighted by atomic mass is 16.5. The Bertz CT molecular complexity index is 403. The van der Waals surface area contributed by atoms with Crippen LogP contribution in [0, 0.1) is 0 Å². The van der Waals surface area contributed by atoms with Crippen molar-refractivity contribution in [3.63, 3.8) is 0 Å². The van der Waals surface area contributed by atoms with Crippen molar-refractivity contribution in [1.29, 1.82) is 0 Å². The van der Waals surface area contributed by atoms with E-state index in [1.807, 2.05) is 30.3 Å². The fourth-order valence-corrected chi connectivity index (χ4v) is 1.42. The maximum Gasteiger partial charge on any atom is 0.119 e. The van der Waals surface area contributed by atoms with E-state index in [-0.39, 0.29) is 6.61 Å². The third-order valence-electron chi connectivity index (χ3n) is 2.31. The molecule has 3 nitrogen and oxygen atoms in total. The van der Waals surface area contributed by atoms with E-state index in [0.29, 0.717) is 13.0 Å². The van der Waals surface area contributed by atoms with E-state index in [1.54, 1.807) is 12.5 Å². The summed E-state index contributed by atoms with van der Waals surface area (Å²) >= 11 is 0. The molecule has 0 fully saturated rings. The van der Waals surface area contributed by atoms with Crippen molar-refractivity contribution < 1.29 is 14.3 Å². The quantitative estimate of drug-likeness (QED) is 0.837. The lowest BCUT2D eigenvalue weighted by Gasteiger charge is -2.05.